The highest BCUT2D eigenvalue weighted by molar-refractivity contribution is 5.75. The number of hydrazine groups is 2. The van der Waals surface area contributed by atoms with Crippen molar-refractivity contribution in [3.05, 3.63) is 0 Å². The summed E-state index contributed by atoms with van der Waals surface area (Å²) >= 11 is 0. The summed E-state index contributed by atoms with van der Waals surface area (Å²) < 4.78 is 0. The first-order valence-electron chi connectivity index (χ1n) is 25.9. The van der Waals surface area contributed by atoms with Crippen molar-refractivity contribution in [2.45, 2.75) is 259 Å². The van der Waals surface area contributed by atoms with E-state index in [0.717, 1.165) is 110 Å². The minimum atomic E-state index is 0.193. The molecule has 8 nitrogen and oxygen atoms in total. The minimum Gasteiger partial charge on any atom is -0.396 e. The molecular formula is C50H103N5O3. The molecule has 346 valence electrons. The van der Waals surface area contributed by atoms with Crippen LogP contribution in [0.4, 0.5) is 0 Å². The lowest BCUT2D eigenvalue weighted by Crippen LogP contribution is -2.43. The number of carbonyl (C=O) groups is 2. The van der Waals surface area contributed by atoms with Gasteiger partial charge >= 0.3 is 0 Å². The molecule has 0 bridgehead atoms. The highest BCUT2D eigenvalue weighted by Gasteiger charge is 2.12. The molecule has 58 heavy (non-hydrogen) atoms. The van der Waals surface area contributed by atoms with Gasteiger partial charge in [0, 0.05) is 45.6 Å². The largest absolute Gasteiger partial charge is 0.396 e. The van der Waals surface area contributed by atoms with Gasteiger partial charge in [-0.1, -0.05) is 182 Å². The summed E-state index contributed by atoms with van der Waals surface area (Å²) in [4.78, 5) is 28.4. The lowest BCUT2D eigenvalue weighted by Gasteiger charge is -2.24. The molecule has 3 N–H and O–H groups in total. The molecule has 8 heteroatoms. The predicted molar refractivity (Wildman–Crippen MR) is 252 cm³/mol. The van der Waals surface area contributed by atoms with Crippen LogP contribution in [0.2, 0.25) is 0 Å². The third-order valence-corrected chi connectivity index (χ3v) is 11.8. The second-order valence-corrected chi connectivity index (χ2v) is 17.7. The molecule has 0 aromatic heterocycles. The fraction of sp³-hybridized carbons (Fsp3) is 0.960. The minimum absolute atomic E-state index is 0.193. The molecule has 0 saturated carbocycles. The van der Waals surface area contributed by atoms with Gasteiger partial charge in [0.15, 0.2) is 0 Å². The van der Waals surface area contributed by atoms with E-state index in [-0.39, 0.29) is 18.4 Å². The Kier molecular flexibility index (Phi) is 45.9. The van der Waals surface area contributed by atoms with Gasteiger partial charge in [0.05, 0.1) is 0 Å². The van der Waals surface area contributed by atoms with E-state index in [1.165, 1.54) is 154 Å². The first-order chi connectivity index (χ1) is 28.5. The highest BCUT2D eigenvalue weighted by Crippen LogP contribution is 2.13. The van der Waals surface area contributed by atoms with Gasteiger partial charge in [-0.25, -0.2) is 10.0 Å². The molecule has 0 unspecified atom stereocenters. The van der Waals surface area contributed by atoms with E-state index in [2.05, 4.69) is 53.5 Å². The van der Waals surface area contributed by atoms with E-state index in [1.54, 1.807) is 0 Å². The van der Waals surface area contributed by atoms with Gasteiger partial charge in [-0.15, -0.1) is 0 Å². The summed E-state index contributed by atoms with van der Waals surface area (Å²) in [7, 11) is 0. The van der Waals surface area contributed by atoms with Crippen LogP contribution in [0.5, 0.6) is 0 Å². The number of aliphatic hydroxyl groups excluding tert-OH is 1. The predicted octanol–water partition coefficient (Wildman–Crippen LogP) is 13.1. The zero-order valence-electron chi connectivity index (χ0n) is 39.7. The molecule has 0 fully saturated rings. The van der Waals surface area contributed by atoms with Crippen molar-refractivity contribution in [3.63, 3.8) is 0 Å². The number of rotatable bonds is 48. The SMILES string of the molecule is CCCCCCCCN(CCCCCCCC)NC(=O)CCCCCCN(CCCCO)CCCCCCC(=O)NN(CCCCCCCC)CCCCCCCC. The Hall–Kier alpha value is -1.22. The molecule has 0 aliphatic heterocycles. The Bertz CT molecular complexity index is 752. The smallest absolute Gasteiger partial charge is 0.234 e. The van der Waals surface area contributed by atoms with Gasteiger partial charge in [0.25, 0.3) is 0 Å². The number of nitrogens with zero attached hydrogens (tertiary/aromatic N) is 3. The van der Waals surface area contributed by atoms with E-state index >= 15 is 0 Å². The zero-order chi connectivity index (χ0) is 42.4. The lowest BCUT2D eigenvalue weighted by atomic mass is 10.1. The molecule has 0 aliphatic carbocycles. The summed E-state index contributed by atoms with van der Waals surface area (Å²) in [6.45, 7) is 16.5. The molecule has 0 rings (SSSR count). The van der Waals surface area contributed by atoms with E-state index in [4.69, 9.17) is 0 Å². The fourth-order valence-corrected chi connectivity index (χ4v) is 7.98. The summed E-state index contributed by atoms with van der Waals surface area (Å²) in [6, 6.07) is 0. The van der Waals surface area contributed by atoms with E-state index in [9.17, 15) is 14.7 Å². The van der Waals surface area contributed by atoms with Gasteiger partial charge < -0.3 is 10.0 Å². The summed E-state index contributed by atoms with van der Waals surface area (Å²) in [5, 5.41) is 13.8. The topological polar surface area (TPSA) is 88.1 Å². The van der Waals surface area contributed by atoms with Crippen molar-refractivity contribution >= 4 is 11.8 Å². The van der Waals surface area contributed by atoms with Crippen LogP contribution >= 0.6 is 0 Å². The Morgan fingerprint density at radius 2 is 0.569 bits per heavy atom. The Morgan fingerprint density at radius 1 is 0.328 bits per heavy atom. The van der Waals surface area contributed by atoms with Crippen LogP contribution in [0.25, 0.3) is 0 Å². The molecule has 0 radical (unpaired) electrons. The van der Waals surface area contributed by atoms with Gasteiger partial charge in [0.2, 0.25) is 11.8 Å². The number of carbonyl (C=O) groups excluding carboxylic acids is 2. The third-order valence-electron chi connectivity index (χ3n) is 11.8. The zero-order valence-corrected chi connectivity index (χ0v) is 39.7. The number of unbranched alkanes of at least 4 members (excludes halogenated alkanes) is 27. The van der Waals surface area contributed by atoms with Gasteiger partial charge in [-0.3, -0.25) is 20.4 Å². The second kappa shape index (κ2) is 46.8. The first kappa shape index (κ1) is 56.8. The molecule has 0 aromatic rings. The van der Waals surface area contributed by atoms with Crippen molar-refractivity contribution in [2.75, 3.05) is 52.4 Å². The Balaban J connectivity index is 4.45. The third kappa shape index (κ3) is 41.5. The second-order valence-electron chi connectivity index (χ2n) is 17.7. The van der Waals surface area contributed by atoms with Crippen LogP contribution < -0.4 is 10.9 Å². The quantitative estimate of drug-likeness (QED) is 0.0418. The fourth-order valence-electron chi connectivity index (χ4n) is 7.98. The maximum absolute atomic E-state index is 12.9. The standard InChI is InChI=1S/C50H103N5O3/c1-5-9-13-17-23-33-44-54(45-34-24-18-14-10-6-2)51-49(57)39-29-21-27-31-41-53(43-37-38-48-56)42-32-28-22-30-40-50(58)52-55(46-35-25-19-15-11-7-3)47-36-26-20-16-12-8-4/h56H,5-48H2,1-4H3,(H,51,57)(H,52,58). The van der Waals surface area contributed by atoms with Crippen LogP contribution in [-0.2, 0) is 9.59 Å². The van der Waals surface area contributed by atoms with E-state index in [1.807, 2.05) is 0 Å². The van der Waals surface area contributed by atoms with Gasteiger partial charge in [-0.2, -0.15) is 0 Å². The Labute approximate surface area is 362 Å². The number of nitrogens with one attached hydrogen (secondary N) is 2. The van der Waals surface area contributed by atoms with Crippen LogP contribution in [0.15, 0.2) is 0 Å². The van der Waals surface area contributed by atoms with Crippen molar-refractivity contribution in [1.29, 1.82) is 0 Å². The van der Waals surface area contributed by atoms with Crippen molar-refractivity contribution in [3.8, 4) is 0 Å². The Morgan fingerprint density at radius 3 is 0.862 bits per heavy atom. The van der Waals surface area contributed by atoms with E-state index in [0.29, 0.717) is 12.8 Å². The van der Waals surface area contributed by atoms with Crippen LogP contribution in [-0.4, -0.2) is 84.3 Å². The molecule has 0 atom stereocenters. The van der Waals surface area contributed by atoms with Gasteiger partial charge in [0.1, 0.15) is 0 Å². The monoisotopic (exact) mass is 822 g/mol. The van der Waals surface area contributed by atoms with Crippen molar-refractivity contribution in [2.24, 2.45) is 0 Å². The first-order valence-corrected chi connectivity index (χ1v) is 25.9. The molecule has 0 spiro atoms. The summed E-state index contributed by atoms with van der Waals surface area (Å²) in [5.74, 6) is 0.387. The number of aliphatic hydroxyl groups is 1. The maximum Gasteiger partial charge on any atom is 0.234 e. The molecule has 0 aliphatic rings. The average molecular weight is 822 g/mol. The number of hydrogen-bond donors (Lipinski definition) is 3. The lowest BCUT2D eigenvalue weighted by molar-refractivity contribution is -0.127. The van der Waals surface area contributed by atoms with Crippen molar-refractivity contribution in [1.82, 2.24) is 25.8 Å². The molecule has 2 amide bonds. The number of hydrogen-bond acceptors (Lipinski definition) is 6. The molecule has 0 heterocycles. The molecular weight excluding hydrogens is 719 g/mol. The maximum atomic E-state index is 12.9. The number of amides is 2. The van der Waals surface area contributed by atoms with Crippen LogP contribution in [0.1, 0.15) is 259 Å². The van der Waals surface area contributed by atoms with Crippen LogP contribution in [0.3, 0.4) is 0 Å². The molecule has 0 saturated heterocycles. The molecule has 0 aromatic carbocycles. The normalized spacial score (nSPS) is 11.7. The summed E-state index contributed by atoms with van der Waals surface area (Å²) in [5.41, 5.74) is 6.56. The van der Waals surface area contributed by atoms with Crippen molar-refractivity contribution < 1.29 is 14.7 Å². The van der Waals surface area contributed by atoms with Crippen LogP contribution in [0, 0.1) is 0 Å². The van der Waals surface area contributed by atoms with Gasteiger partial charge in [-0.05, 0) is 83.8 Å². The highest BCUT2D eigenvalue weighted by atomic mass is 16.3. The summed E-state index contributed by atoms with van der Waals surface area (Å²) in [6.07, 6.45) is 42.7. The van der Waals surface area contributed by atoms with E-state index < -0.39 is 0 Å². The average Bonchev–Trinajstić information content (AvgIpc) is 3.22.